The molecular weight excluding hydrogens is 522 g/mol. The number of ketones is 1. The number of benzene rings is 3. The number of aliphatic hydroxyl groups excluding tert-OH is 1. The number of methoxy groups -OCH3 is 2. The minimum absolute atomic E-state index is 0.0543. The lowest BCUT2D eigenvalue weighted by atomic mass is 9.94. The molecule has 0 radical (unpaired) electrons. The number of carbonyl (C=O) groups is 2. The molecule has 0 spiro atoms. The number of rotatable bonds is 9. The third-order valence-electron chi connectivity index (χ3n) is 6.56. The monoisotopic (exact) mass is 547 g/mol. The lowest BCUT2D eigenvalue weighted by Gasteiger charge is -2.27. The molecule has 8 nitrogen and oxygen atoms in total. The normalized spacial score (nSPS) is 15.2. The molecule has 5 rings (SSSR count). The van der Waals surface area contributed by atoms with Gasteiger partial charge in [0.2, 0.25) is 5.78 Å². The zero-order valence-corrected chi connectivity index (χ0v) is 22.3. The Morgan fingerprint density at radius 2 is 1.69 bits per heavy atom. The van der Waals surface area contributed by atoms with Crippen molar-refractivity contribution in [3.8, 4) is 17.2 Å². The number of halogens is 1. The fourth-order valence-electron chi connectivity index (χ4n) is 4.72. The number of nitrogens with zero attached hydrogens (tertiary/aromatic N) is 1. The third kappa shape index (κ3) is 4.91. The predicted octanol–water partition coefficient (Wildman–Crippen LogP) is 6.28. The molecule has 1 aromatic heterocycles. The summed E-state index contributed by atoms with van der Waals surface area (Å²) in [5.74, 6) is -0.281. The van der Waals surface area contributed by atoms with Crippen LogP contribution >= 0.6 is 11.6 Å². The first-order valence-electron chi connectivity index (χ1n) is 12.3. The highest BCUT2D eigenvalue weighted by Gasteiger charge is 2.44. The van der Waals surface area contributed by atoms with E-state index < -0.39 is 23.5 Å². The standard InChI is InChI=1S/C30H26ClNO7/c1-4-38-22-9-5-17(6-10-22)16-32-26(18-7-11-21(36-2)12-8-18)25(28(34)30(32)35)27(33)23-14-19-13-20(31)15-24(37-3)29(19)39-23/h5-15,26,34H,4,16H2,1-3H3. The first kappa shape index (κ1) is 26.2. The highest BCUT2D eigenvalue weighted by atomic mass is 35.5. The molecule has 4 aromatic rings. The van der Waals surface area contributed by atoms with Gasteiger partial charge in [0.15, 0.2) is 22.9 Å². The summed E-state index contributed by atoms with van der Waals surface area (Å²) in [5.41, 5.74) is 1.68. The van der Waals surface area contributed by atoms with Crippen LogP contribution in [0.15, 0.2) is 82.5 Å². The number of ether oxygens (including phenoxy) is 3. The second-order valence-corrected chi connectivity index (χ2v) is 9.35. The number of hydrogen-bond acceptors (Lipinski definition) is 7. The summed E-state index contributed by atoms with van der Waals surface area (Å²) in [5, 5.41) is 12.0. The Balaban J connectivity index is 1.56. The van der Waals surface area contributed by atoms with E-state index in [1.54, 1.807) is 43.5 Å². The maximum Gasteiger partial charge on any atom is 0.290 e. The van der Waals surface area contributed by atoms with E-state index in [-0.39, 0.29) is 17.9 Å². The third-order valence-corrected chi connectivity index (χ3v) is 6.78. The number of furan rings is 1. The average molecular weight is 548 g/mol. The van der Waals surface area contributed by atoms with E-state index in [0.29, 0.717) is 45.4 Å². The Kier molecular flexibility index (Phi) is 7.21. The number of carbonyl (C=O) groups excluding carboxylic acids is 2. The van der Waals surface area contributed by atoms with E-state index in [1.165, 1.54) is 18.1 Å². The molecule has 39 heavy (non-hydrogen) atoms. The van der Waals surface area contributed by atoms with Crippen LogP contribution in [0.1, 0.15) is 34.6 Å². The van der Waals surface area contributed by atoms with E-state index in [9.17, 15) is 14.7 Å². The van der Waals surface area contributed by atoms with Gasteiger partial charge in [-0.2, -0.15) is 0 Å². The van der Waals surface area contributed by atoms with Crippen LogP contribution in [0.4, 0.5) is 0 Å². The van der Waals surface area contributed by atoms with E-state index in [1.807, 2.05) is 31.2 Å². The molecule has 0 bridgehead atoms. The van der Waals surface area contributed by atoms with Crippen molar-refractivity contribution in [2.24, 2.45) is 0 Å². The van der Waals surface area contributed by atoms with Crippen molar-refractivity contribution in [2.45, 2.75) is 19.5 Å². The van der Waals surface area contributed by atoms with Gasteiger partial charge in [-0.25, -0.2) is 0 Å². The Bertz CT molecular complexity index is 1570. The Morgan fingerprint density at radius 3 is 2.33 bits per heavy atom. The molecule has 1 aliphatic rings. The number of fused-ring (bicyclic) bond motifs is 1. The van der Waals surface area contributed by atoms with Crippen molar-refractivity contribution in [2.75, 3.05) is 20.8 Å². The zero-order chi connectivity index (χ0) is 27.7. The SMILES string of the molecule is CCOc1ccc(CN2C(=O)C(O)=C(C(=O)c3cc4cc(Cl)cc(OC)c4o3)C2c2ccc(OC)cc2)cc1. The molecule has 1 amide bonds. The molecule has 1 unspecified atom stereocenters. The molecule has 0 saturated carbocycles. The molecule has 2 heterocycles. The van der Waals surface area contributed by atoms with Crippen LogP contribution in [0.2, 0.25) is 5.02 Å². The second kappa shape index (κ2) is 10.7. The van der Waals surface area contributed by atoms with E-state index in [4.69, 9.17) is 30.2 Å². The van der Waals surface area contributed by atoms with Crippen LogP contribution in [0.25, 0.3) is 11.0 Å². The van der Waals surface area contributed by atoms with Gasteiger partial charge in [-0.1, -0.05) is 35.9 Å². The van der Waals surface area contributed by atoms with Crippen LogP contribution in [-0.4, -0.2) is 42.5 Å². The summed E-state index contributed by atoms with van der Waals surface area (Å²) in [6.45, 7) is 2.58. The molecule has 9 heteroatoms. The van der Waals surface area contributed by atoms with Crippen LogP contribution < -0.4 is 14.2 Å². The fraction of sp³-hybridized carbons (Fsp3) is 0.200. The quantitative estimate of drug-likeness (QED) is 0.246. The molecule has 0 saturated heterocycles. The Hall–Kier alpha value is -4.43. The highest BCUT2D eigenvalue weighted by molar-refractivity contribution is 6.31. The molecule has 1 aliphatic heterocycles. The number of hydrogen-bond donors (Lipinski definition) is 1. The molecule has 1 atom stereocenters. The van der Waals surface area contributed by atoms with Gasteiger partial charge in [0, 0.05) is 23.0 Å². The van der Waals surface area contributed by atoms with Crippen molar-refractivity contribution in [1.82, 2.24) is 4.90 Å². The molecule has 3 aromatic carbocycles. The van der Waals surface area contributed by atoms with Gasteiger partial charge in [-0.15, -0.1) is 0 Å². The maximum atomic E-state index is 13.9. The Morgan fingerprint density at radius 1 is 1.00 bits per heavy atom. The summed E-state index contributed by atoms with van der Waals surface area (Å²) < 4.78 is 22.0. The van der Waals surface area contributed by atoms with Gasteiger partial charge >= 0.3 is 0 Å². The molecular formula is C30H26ClNO7. The van der Waals surface area contributed by atoms with Crippen LogP contribution in [-0.2, 0) is 11.3 Å². The first-order chi connectivity index (χ1) is 18.8. The molecule has 1 N–H and O–H groups in total. The van der Waals surface area contributed by atoms with Crippen molar-refractivity contribution >= 4 is 34.3 Å². The molecule has 0 fully saturated rings. The van der Waals surface area contributed by atoms with E-state index >= 15 is 0 Å². The van der Waals surface area contributed by atoms with Crippen molar-refractivity contribution in [1.29, 1.82) is 0 Å². The summed E-state index contributed by atoms with van der Waals surface area (Å²) in [7, 11) is 3.02. The Labute approximate surface area is 229 Å². The number of amides is 1. The lowest BCUT2D eigenvalue weighted by Crippen LogP contribution is -2.30. The first-order valence-corrected chi connectivity index (χ1v) is 12.6. The van der Waals surface area contributed by atoms with Gasteiger partial charge in [0.25, 0.3) is 5.91 Å². The minimum atomic E-state index is -0.874. The van der Waals surface area contributed by atoms with Gasteiger partial charge in [0.05, 0.1) is 32.4 Å². The lowest BCUT2D eigenvalue weighted by molar-refractivity contribution is -0.130. The predicted molar refractivity (Wildman–Crippen MR) is 146 cm³/mol. The smallest absolute Gasteiger partial charge is 0.290 e. The summed E-state index contributed by atoms with van der Waals surface area (Å²) in [4.78, 5) is 28.7. The summed E-state index contributed by atoms with van der Waals surface area (Å²) in [6.07, 6.45) is 0. The van der Waals surface area contributed by atoms with Gasteiger partial charge in [-0.05, 0) is 54.4 Å². The summed E-state index contributed by atoms with van der Waals surface area (Å²) in [6, 6.07) is 18.2. The van der Waals surface area contributed by atoms with Crippen LogP contribution in [0.3, 0.4) is 0 Å². The summed E-state index contributed by atoms with van der Waals surface area (Å²) >= 11 is 6.19. The topological polar surface area (TPSA) is 98.4 Å². The van der Waals surface area contributed by atoms with Crippen molar-refractivity contribution in [3.63, 3.8) is 0 Å². The largest absolute Gasteiger partial charge is 0.503 e. The van der Waals surface area contributed by atoms with Gasteiger partial charge in [-0.3, -0.25) is 9.59 Å². The van der Waals surface area contributed by atoms with Crippen molar-refractivity contribution in [3.05, 3.63) is 100.0 Å². The fourth-order valence-corrected chi connectivity index (χ4v) is 4.93. The molecule has 200 valence electrons. The minimum Gasteiger partial charge on any atom is -0.503 e. The zero-order valence-electron chi connectivity index (χ0n) is 21.6. The van der Waals surface area contributed by atoms with Crippen LogP contribution in [0.5, 0.6) is 17.2 Å². The second-order valence-electron chi connectivity index (χ2n) is 8.91. The number of Topliss-reactive ketones (excluding diaryl/α,β-unsaturated/α-hetero) is 1. The maximum absolute atomic E-state index is 13.9. The van der Waals surface area contributed by atoms with Gasteiger partial charge < -0.3 is 28.6 Å². The van der Waals surface area contributed by atoms with Crippen LogP contribution in [0, 0.1) is 0 Å². The number of aliphatic hydroxyl groups is 1. The van der Waals surface area contributed by atoms with Crippen molar-refractivity contribution < 1.29 is 33.3 Å². The van der Waals surface area contributed by atoms with Gasteiger partial charge in [0.1, 0.15) is 11.5 Å². The average Bonchev–Trinajstić information content (AvgIpc) is 3.48. The molecule has 0 aliphatic carbocycles. The highest BCUT2D eigenvalue weighted by Crippen LogP contribution is 2.42. The van der Waals surface area contributed by atoms with E-state index in [0.717, 1.165) is 5.56 Å². The van der Waals surface area contributed by atoms with E-state index in [2.05, 4.69) is 0 Å².